The summed E-state index contributed by atoms with van der Waals surface area (Å²) in [6.45, 7) is 1.68. The van der Waals surface area contributed by atoms with Gasteiger partial charge in [0.25, 0.3) is 6.43 Å². The summed E-state index contributed by atoms with van der Waals surface area (Å²) < 4.78 is 24.8. The van der Waals surface area contributed by atoms with Crippen LogP contribution in [0.2, 0.25) is 0 Å². The summed E-state index contributed by atoms with van der Waals surface area (Å²) in [7, 11) is 0. The van der Waals surface area contributed by atoms with Crippen LogP contribution in [0, 0.1) is 18.3 Å². The summed E-state index contributed by atoms with van der Waals surface area (Å²) in [5.41, 5.74) is 0.490. The van der Waals surface area contributed by atoms with E-state index in [0.717, 1.165) is 0 Å². The summed E-state index contributed by atoms with van der Waals surface area (Å²) in [5.74, 6) is 0.0387. The molecule has 14 heavy (non-hydrogen) atoms. The van der Waals surface area contributed by atoms with Crippen LogP contribution >= 0.6 is 11.6 Å². The summed E-state index contributed by atoms with van der Waals surface area (Å²) in [6.07, 6.45) is -1.44. The summed E-state index contributed by atoms with van der Waals surface area (Å²) in [6, 6.07) is 1.71. The van der Waals surface area contributed by atoms with Gasteiger partial charge in [-0.25, -0.2) is 8.78 Å². The molecule has 0 saturated carbocycles. The van der Waals surface area contributed by atoms with Crippen LogP contribution in [0.5, 0.6) is 0 Å². The van der Waals surface area contributed by atoms with E-state index in [1.807, 2.05) is 0 Å². The fourth-order valence-electron chi connectivity index (χ4n) is 1.12. The number of pyridine rings is 1. The number of hydrogen-bond acceptors (Lipinski definition) is 2. The fourth-order valence-corrected chi connectivity index (χ4v) is 1.47. The predicted molar refractivity (Wildman–Crippen MR) is 48.2 cm³/mol. The fraction of sp³-hybridized carbons (Fsp3) is 0.333. The predicted octanol–water partition coefficient (Wildman–Crippen LogP) is 2.94. The molecule has 1 heterocycles. The molecule has 1 aromatic heterocycles. The van der Waals surface area contributed by atoms with Crippen molar-refractivity contribution in [1.82, 2.24) is 4.98 Å². The van der Waals surface area contributed by atoms with Crippen LogP contribution in [-0.2, 0) is 5.88 Å². The molecule has 0 amide bonds. The molecule has 0 radical (unpaired) electrons. The Balaban J connectivity index is 3.43. The van der Waals surface area contributed by atoms with E-state index in [9.17, 15) is 8.78 Å². The Morgan fingerprint density at radius 3 is 2.71 bits per heavy atom. The second kappa shape index (κ2) is 4.34. The van der Waals surface area contributed by atoms with Crippen molar-refractivity contribution in [3.63, 3.8) is 0 Å². The van der Waals surface area contributed by atoms with Gasteiger partial charge in [0.05, 0.1) is 5.56 Å². The largest absolute Gasteiger partial charge is 0.281 e. The number of alkyl halides is 3. The van der Waals surface area contributed by atoms with E-state index in [0.29, 0.717) is 11.1 Å². The third-order valence-electron chi connectivity index (χ3n) is 1.88. The highest BCUT2D eigenvalue weighted by Crippen LogP contribution is 2.25. The topological polar surface area (TPSA) is 36.7 Å². The van der Waals surface area contributed by atoms with Crippen LogP contribution in [-0.4, -0.2) is 4.98 Å². The molecule has 0 bridgehead atoms. The molecule has 0 spiro atoms. The van der Waals surface area contributed by atoms with Gasteiger partial charge in [-0.05, 0) is 18.1 Å². The van der Waals surface area contributed by atoms with Crippen LogP contribution < -0.4 is 0 Å². The average molecular weight is 217 g/mol. The van der Waals surface area contributed by atoms with Crippen LogP contribution in [0.15, 0.2) is 6.20 Å². The third kappa shape index (κ3) is 1.83. The van der Waals surface area contributed by atoms with Crippen molar-refractivity contribution in [3.8, 4) is 6.07 Å². The van der Waals surface area contributed by atoms with Crippen LogP contribution in [0.25, 0.3) is 0 Å². The van der Waals surface area contributed by atoms with Gasteiger partial charge in [0.2, 0.25) is 0 Å². The Morgan fingerprint density at radius 2 is 2.29 bits per heavy atom. The van der Waals surface area contributed by atoms with Crippen molar-refractivity contribution in [2.75, 3.05) is 0 Å². The Kier molecular flexibility index (Phi) is 3.37. The second-order valence-corrected chi connectivity index (χ2v) is 2.99. The first-order chi connectivity index (χ1) is 6.61. The van der Waals surface area contributed by atoms with E-state index in [4.69, 9.17) is 16.9 Å². The standard InChI is InChI=1S/C9H7ClF2N2/c1-5-4-14-8(9(11)12)7(3-13)6(5)2-10/h4,9H,2H2,1H3. The van der Waals surface area contributed by atoms with Crippen LogP contribution in [0.3, 0.4) is 0 Å². The van der Waals surface area contributed by atoms with Crippen molar-refractivity contribution in [3.05, 3.63) is 28.6 Å². The summed E-state index contributed by atoms with van der Waals surface area (Å²) >= 11 is 5.57. The molecule has 0 saturated heterocycles. The van der Waals surface area contributed by atoms with E-state index in [1.165, 1.54) is 6.20 Å². The lowest BCUT2D eigenvalue weighted by Crippen LogP contribution is -2.01. The number of halogens is 3. The maximum absolute atomic E-state index is 12.4. The highest BCUT2D eigenvalue weighted by Gasteiger charge is 2.18. The number of nitriles is 1. The maximum atomic E-state index is 12.4. The van der Waals surface area contributed by atoms with Gasteiger partial charge in [-0.1, -0.05) is 0 Å². The van der Waals surface area contributed by atoms with E-state index < -0.39 is 12.1 Å². The van der Waals surface area contributed by atoms with Crippen LogP contribution in [0.1, 0.15) is 28.8 Å². The molecule has 0 atom stereocenters. The Bertz CT molecular complexity index is 385. The first-order valence-electron chi connectivity index (χ1n) is 3.84. The van der Waals surface area contributed by atoms with Crippen LogP contribution in [0.4, 0.5) is 8.78 Å². The van der Waals surface area contributed by atoms with Gasteiger partial charge in [0.1, 0.15) is 11.8 Å². The Labute approximate surface area is 85.1 Å². The van der Waals surface area contributed by atoms with Gasteiger partial charge in [-0.3, -0.25) is 4.98 Å². The lowest BCUT2D eigenvalue weighted by Gasteiger charge is -2.08. The minimum atomic E-state index is -2.74. The first kappa shape index (κ1) is 10.9. The second-order valence-electron chi connectivity index (χ2n) is 2.73. The van der Waals surface area contributed by atoms with Gasteiger partial charge >= 0.3 is 0 Å². The molecule has 0 fully saturated rings. The molecule has 5 heteroatoms. The van der Waals surface area contributed by atoms with Gasteiger partial charge in [0, 0.05) is 12.1 Å². The molecule has 74 valence electrons. The number of aryl methyl sites for hydroxylation is 1. The van der Waals surface area contributed by atoms with E-state index in [2.05, 4.69) is 4.98 Å². The molecular weight excluding hydrogens is 210 g/mol. The first-order valence-corrected chi connectivity index (χ1v) is 4.37. The monoisotopic (exact) mass is 216 g/mol. The van der Waals surface area contributed by atoms with Crippen molar-refractivity contribution >= 4 is 11.6 Å². The van der Waals surface area contributed by atoms with E-state index in [-0.39, 0.29) is 11.4 Å². The molecule has 1 rings (SSSR count). The lowest BCUT2D eigenvalue weighted by atomic mass is 10.0. The SMILES string of the molecule is Cc1cnc(C(F)F)c(C#N)c1CCl. The molecule has 0 aromatic carbocycles. The lowest BCUT2D eigenvalue weighted by molar-refractivity contribution is 0.145. The highest BCUT2D eigenvalue weighted by molar-refractivity contribution is 6.17. The Hall–Kier alpha value is -1.21. The quantitative estimate of drug-likeness (QED) is 0.713. The molecular formula is C9H7ClF2N2. The van der Waals surface area contributed by atoms with E-state index in [1.54, 1.807) is 13.0 Å². The van der Waals surface area contributed by atoms with Crippen molar-refractivity contribution < 1.29 is 8.78 Å². The summed E-state index contributed by atoms with van der Waals surface area (Å²) in [4.78, 5) is 3.53. The van der Waals surface area contributed by atoms with Crippen molar-refractivity contribution in [2.24, 2.45) is 0 Å². The zero-order chi connectivity index (χ0) is 10.7. The number of nitrogens with zero attached hydrogens (tertiary/aromatic N) is 2. The minimum Gasteiger partial charge on any atom is -0.254 e. The molecule has 0 unspecified atom stereocenters. The van der Waals surface area contributed by atoms with Crippen molar-refractivity contribution in [2.45, 2.75) is 19.2 Å². The molecule has 0 aliphatic rings. The minimum absolute atomic E-state index is 0.0387. The number of hydrogen-bond donors (Lipinski definition) is 0. The molecule has 0 aliphatic heterocycles. The average Bonchev–Trinajstić information content (AvgIpc) is 2.16. The van der Waals surface area contributed by atoms with E-state index >= 15 is 0 Å². The van der Waals surface area contributed by atoms with Gasteiger partial charge < -0.3 is 0 Å². The maximum Gasteiger partial charge on any atom is 0.281 e. The normalized spacial score (nSPS) is 10.3. The molecule has 0 aliphatic carbocycles. The van der Waals surface area contributed by atoms with Crippen molar-refractivity contribution in [1.29, 1.82) is 5.26 Å². The van der Waals surface area contributed by atoms with Gasteiger partial charge in [0.15, 0.2) is 0 Å². The third-order valence-corrected chi connectivity index (χ3v) is 2.15. The number of aromatic nitrogens is 1. The molecule has 0 N–H and O–H groups in total. The number of rotatable bonds is 2. The molecule has 1 aromatic rings. The zero-order valence-electron chi connectivity index (χ0n) is 7.39. The molecule has 2 nitrogen and oxygen atoms in total. The summed E-state index contributed by atoms with van der Waals surface area (Å²) in [5, 5.41) is 8.72. The smallest absolute Gasteiger partial charge is 0.254 e. The highest BCUT2D eigenvalue weighted by atomic mass is 35.5. The zero-order valence-corrected chi connectivity index (χ0v) is 8.15. The van der Waals surface area contributed by atoms with Gasteiger partial charge in [-0.2, -0.15) is 5.26 Å². The van der Waals surface area contributed by atoms with Gasteiger partial charge in [-0.15, -0.1) is 11.6 Å². The Morgan fingerprint density at radius 1 is 1.64 bits per heavy atom.